The van der Waals surface area contributed by atoms with E-state index in [2.05, 4.69) is 10.1 Å². The molecule has 5 nitrogen and oxygen atoms in total. The lowest BCUT2D eigenvalue weighted by molar-refractivity contribution is -0.142. The molecule has 0 unspecified atom stereocenters. The lowest BCUT2D eigenvalue weighted by atomic mass is 10.0. The van der Waals surface area contributed by atoms with Crippen molar-refractivity contribution in [2.75, 3.05) is 12.4 Å². The maximum absolute atomic E-state index is 12.2. The number of ether oxygens (including phenoxy) is 1. The average Bonchev–Trinajstić information content (AvgIpc) is 2.55. The lowest BCUT2D eigenvalue weighted by Gasteiger charge is -2.06. The van der Waals surface area contributed by atoms with Gasteiger partial charge < -0.3 is 10.1 Å². The molecule has 0 fully saturated rings. The van der Waals surface area contributed by atoms with Crippen molar-refractivity contribution in [3.63, 3.8) is 0 Å². The summed E-state index contributed by atoms with van der Waals surface area (Å²) in [5.74, 6) is -1.16. The second-order valence-electron chi connectivity index (χ2n) is 4.57. The monoisotopic (exact) mass is 297 g/mol. The van der Waals surface area contributed by atoms with Crippen LogP contribution in [0.15, 0.2) is 54.6 Å². The number of esters is 1. The van der Waals surface area contributed by atoms with Crippen LogP contribution in [-0.2, 0) is 14.3 Å². The Morgan fingerprint density at radius 2 is 1.50 bits per heavy atom. The van der Waals surface area contributed by atoms with Crippen LogP contribution >= 0.6 is 0 Å². The van der Waals surface area contributed by atoms with Gasteiger partial charge >= 0.3 is 5.97 Å². The number of nitrogens with one attached hydrogen (secondary N) is 1. The van der Waals surface area contributed by atoms with Gasteiger partial charge in [-0.05, 0) is 24.3 Å². The number of hydrogen-bond donors (Lipinski definition) is 1. The van der Waals surface area contributed by atoms with Crippen molar-refractivity contribution >= 4 is 23.3 Å². The quantitative estimate of drug-likeness (QED) is 0.522. The maximum atomic E-state index is 12.2. The van der Waals surface area contributed by atoms with E-state index in [9.17, 15) is 14.4 Å². The third-order valence-corrected chi connectivity index (χ3v) is 3.00. The molecule has 0 atom stereocenters. The van der Waals surface area contributed by atoms with E-state index in [1.807, 2.05) is 6.07 Å². The molecule has 0 radical (unpaired) electrons. The highest BCUT2D eigenvalue weighted by atomic mass is 16.5. The van der Waals surface area contributed by atoms with Gasteiger partial charge in [0.25, 0.3) is 0 Å². The predicted octanol–water partition coefficient (Wildman–Crippen LogP) is 2.42. The highest BCUT2D eigenvalue weighted by Crippen LogP contribution is 2.14. The fraction of sp³-hybridized carbons (Fsp3) is 0.118. The normalized spacial score (nSPS) is 9.86. The summed E-state index contributed by atoms with van der Waals surface area (Å²) in [5.41, 5.74) is 1.64. The summed E-state index contributed by atoms with van der Waals surface area (Å²) in [4.78, 5) is 34.7. The first kappa shape index (κ1) is 15.4. The van der Waals surface area contributed by atoms with Crippen LogP contribution in [0.1, 0.15) is 22.3 Å². The molecule has 0 heterocycles. The SMILES string of the molecule is COC(=O)CC(=O)Nc1ccc(C(=O)c2ccccc2)cc1. The average molecular weight is 297 g/mol. The van der Waals surface area contributed by atoms with Crippen LogP contribution in [0.4, 0.5) is 5.69 Å². The van der Waals surface area contributed by atoms with Gasteiger partial charge in [-0.3, -0.25) is 14.4 Å². The van der Waals surface area contributed by atoms with E-state index in [1.165, 1.54) is 7.11 Å². The van der Waals surface area contributed by atoms with E-state index in [1.54, 1.807) is 48.5 Å². The van der Waals surface area contributed by atoms with Crippen molar-refractivity contribution in [2.24, 2.45) is 0 Å². The second kappa shape index (κ2) is 7.17. The Labute approximate surface area is 127 Å². The summed E-state index contributed by atoms with van der Waals surface area (Å²) >= 11 is 0. The van der Waals surface area contributed by atoms with Crippen molar-refractivity contribution in [2.45, 2.75) is 6.42 Å². The Hall–Kier alpha value is -2.95. The molecule has 1 amide bonds. The first-order valence-electron chi connectivity index (χ1n) is 6.66. The molecule has 2 aromatic carbocycles. The molecular formula is C17H15NO4. The molecule has 112 valence electrons. The van der Waals surface area contributed by atoms with Crippen LogP contribution in [-0.4, -0.2) is 24.8 Å². The van der Waals surface area contributed by atoms with Gasteiger partial charge in [0.2, 0.25) is 5.91 Å². The highest BCUT2D eigenvalue weighted by Gasteiger charge is 2.11. The Balaban J connectivity index is 2.03. The standard InChI is InChI=1S/C17H15NO4/c1-22-16(20)11-15(19)18-14-9-7-13(8-10-14)17(21)12-5-3-2-4-6-12/h2-10H,11H2,1H3,(H,18,19). The topological polar surface area (TPSA) is 72.5 Å². The first-order valence-corrected chi connectivity index (χ1v) is 6.66. The van der Waals surface area contributed by atoms with E-state index in [-0.39, 0.29) is 12.2 Å². The van der Waals surface area contributed by atoms with Crippen LogP contribution in [0, 0.1) is 0 Å². The number of amides is 1. The number of hydrogen-bond acceptors (Lipinski definition) is 4. The van der Waals surface area contributed by atoms with Gasteiger partial charge in [0, 0.05) is 16.8 Å². The number of methoxy groups -OCH3 is 1. The van der Waals surface area contributed by atoms with Gasteiger partial charge in [-0.25, -0.2) is 0 Å². The summed E-state index contributed by atoms with van der Waals surface area (Å²) in [5, 5.41) is 2.56. The minimum atomic E-state index is -0.603. The molecule has 0 bridgehead atoms. The zero-order valence-corrected chi connectivity index (χ0v) is 12.0. The fourth-order valence-corrected chi connectivity index (χ4v) is 1.87. The maximum Gasteiger partial charge on any atom is 0.315 e. The molecule has 0 saturated carbocycles. The molecule has 0 saturated heterocycles. The third-order valence-electron chi connectivity index (χ3n) is 3.00. The molecule has 5 heteroatoms. The number of carbonyl (C=O) groups excluding carboxylic acids is 3. The van der Waals surface area contributed by atoms with Crippen molar-refractivity contribution in [1.29, 1.82) is 0 Å². The molecule has 22 heavy (non-hydrogen) atoms. The van der Waals surface area contributed by atoms with Gasteiger partial charge in [-0.2, -0.15) is 0 Å². The predicted molar refractivity (Wildman–Crippen MR) is 81.6 cm³/mol. The van der Waals surface area contributed by atoms with E-state index < -0.39 is 11.9 Å². The van der Waals surface area contributed by atoms with Crippen LogP contribution in [0.3, 0.4) is 0 Å². The lowest BCUT2D eigenvalue weighted by Crippen LogP contribution is -2.17. The number of benzene rings is 2. The highest BCUT2D eigenvalue weighted by molar-refractivity contribution is 6.09. The smallest absolute Gasteiger partial charge is 0.315 e. The molecular weight excluding hydrogens is 282 g/mol. The molecule has 0 aliphatic carbocycles. The molecule has 0 aliphatic heterocycles. The number of rotatable bonds is 5. The minimum Gasteiger partial charge on any atom is -0.469 e. The zero-order chi connectivity index (χ0) is 15.9. The molecule has 2 rings (SSSR count). The molecule has 0 spiro atoms. The Morgan fingerprint density at radius 3 is 2.09 bits per heavy atom. The van der Waals surface area contributed by atoms with E-state index in [0.717, 1.165) is 0 Å². The summed E-state index contributed by atoms with van der Waals surface area (Å²) in [6.07, 6.45) is -0.346. The number of ketones is 1. The Morgan fingerprint density at radius 1 is 0.909 bits per heavy atom. The van der Waals surface area contributed by atoms with E-state index in [4.69, 9.17) is 0 Å². The molecule has 2 aromatic rings. The van der Waals surface area contributed by atoms with Crippen molar-refractivity contribution in [1.82, 2.24) is 0 Å². The summed E-state index contributed by atoms with van der Waals surface area (Å²) < 4.78 is 4.41. The van der Waals surface area contributed by atoms with E-state index in [0.29, 0.717) is 16.8 Å². The van der Waals surface area contributed by atoms with Crippen molar-refractivity contribution in [3.8, 4) is 0 Å². The largest absolute Gasteiger partial charge is 0.469 e. The van der Waals surface area contributed by atoms with Gasteiger partial charge in [-0.15, -0.1) is 0 Å². The summed E-state index contributed by atoms with van der Waals surface area (Å²) in [6.45, 7) is 0. The molecule has 1 N–H and O–H groups in total. The van der Waals surface area contributed by atoms with Crippen LogP contribution < -0.4 is 5.32 Å². The van der Waals surface area contributed by atoms with Crippen LogP contribution in [0.2, 0.25) is 0 Å². The van der Waals surface area contributed by atoms with Gasteiger partial charge in [0.15, 0.2) is 5.78 Å². The Kier molecular flexibility index (Phi) is 5.03. The zero-order valence-electron chi connectivity index (χ0n) is 12.0. The molecule has 0 aromatic heterocycles. The van der Waals surface area contributed by atoms with E-state index >= 15 is 0 Å². The fourth-order valence-electron chi connectivity index (χ4n) is 1.87. The first-order chi connectivity index (χ1) is 10.6. The minimum absolute atomic E-state index is 0.0898. The number of anilines is 1. The Bertz CT molecular complexity index is 678. The third kappa shape index (κ3) is 4.02. The van der Waals surface area contributed by atoms with Crippen molar-refractivity contribution in [3.05, 3.63) is 65.7 Å². The summed E-state index contributed by atoms with van der Waals surface area (Å²) in [6, 6.07) is 15.4. The van der Waals surface area contributed by atoms with Crippen LogP contribution in [0.5, 0.6) is 0 Å². The van der Waals surface area contributed by atoms with Crippen molar-refractivity contribution < 1.29 is 19.1 Å². The van der Waals surface area contributed by atoms with Crippen LogP contribution in [0.25, 0.3) is 0 Å². The second-order valence-corrected chi connectivity index (χ2v) is 4.57. The van der Waals surface area contributed by atoms with Gasteiger partial charge in [-0.1, -0.05) is 30.3 Å². The van der Waals surface area contributed by atoms with Gasteiger partial charge in [0.05, 0.1) is 7.11 Å². The number of carbonyl (C=O) groups is 3. The molecule has 0 aliphatic rings. The van der Waals surface area contributed by atoms with Gasteiger partial charge in [0.1, 0.15) is 6.42 Å². The summed E-state index contributed by atoms with van der Waals surface area (Å²) in [7, 11) is 1.22.